The minimum Gasteiger partial charge on any atom is -0.741 e. The van der Waals surface area contributed by atoms with Crippen LogP contribution < -0.4 is 18.9 Å². The first-order valence-electron chi connectivity index (χ1n) is 9.71. The van der Waals surface area contributed by atoms with Crippen molar-refractivity contribution < 1.29 is 45.1 Å². The molecular formula is C23H23F3O7S2. The van der Waals surface area contributed by atoms with E-state index in [2.05, 4.69) is 30.3 Å². The monoisotopic (exact) mass is 532 g/mol. The Bertz CT molecular complexity index is 1150. The smallest absolute Gasteiger partial charge is 0.485 e. The molecule has 190 valence electrons. The molecule has 0 heterocycles. The summed E-state index contributed by atoms with van der Waals surface area (Å²) >= 11 is 0. The Kier molecular flexibility index (Phi) is 9.69. The molecule has 0 N–H and O–H groups in total. The van der Waals surface area contributed by atoms with E-state index in [-0.39, 0.29) is 10.9 Å². The van der Waals surface area contributed by atoms with Crippen LogP contribution in [0.4, 0.5) is 13.2 Å². The van der Waals surface area contributed by atoms with E-state index in [0.717, 1.165) is 27.9 Å². The maximum atomic E-state index is 10.7. The molecular weight excluding hydrogens is 509 g/mol. The molecule has 0 aliphatic heterocycles. The second-order valence-corrected chi connectivity index (χ2v) is 9.94. The summed E-state index contributed by atoms with van der Waals surface area (Å²) in [5, 5.41) is 0. The summed E-state index contributed by atoms with van der Waals surface area (Å²) in [5.74, 6) is 3.23. The van der Waals surface area contributed by atoms with Gasteiger partial charge in [-0.3, -0.25) is 0 Å². The Balaban J connectivity index is 0.000000466. The number of hydrogen-bond donors (Lipinski definition) is 0. The second kappa shape index (κ2) is 12.0. The van der Waals surface area contributed by atoms with Crippen molar-refractivity contribution >= 4 is 21.0 Å². The maximum absolute atomic E-state index is 10.7. The van der Waals surface area contributed by atoms with Gasteiger partial charge in [0, 0.05) is 12.1 Å². The van der Waals surface area contributed by atoms with Crippen LogP contribution in [0.15, 0.2) is 81.4 Å². The molecule has 3 rings (SSSR count). The van der Waals surface area contributed by atoms with Gasteiger partial charge in [0.1, 0.15) is 28.1 Å². The van der Waals surface area contributed by atoms with Crippen LogP contribution in [0.3, 0.4) is 0 Å². The Morgan fingerprint density at radius 2 is 1.06 bits per heavy atom. The van der Waals surface area contributed by atoms with Crippen LogP contribution in [0.5, 0.6) is 23.0 Å². The van der Waals surface area contributed by atoms with Crippen LogP contribution in [0.1, 0.15) is 0 Å². The molecule has 0 aliphatic carbocycles. The van der Waals surface area contributed by atoms with Crippen molar-refractivity contribution in [2.45, 2.75) is 20.2 Å². The number of methoxy groups -OCH3 is 4. The zero-order valence-electron chi connectivity index (χ0n) is 19.2. The molecule has 7 nitrogen and oxygen atoms in total. The summed E-state index contributed by atoms with van der Waals surface area (Å²) < 4.78 is 80.6. The van der Waals surface area contributed by atoms with E-state index in [9.17, 15) is 13.2 Å². The number of hydrogen-bond acceptors (Lipinski definition) is 7. The van der Waals surface area contributed by atoms with Crippen LogP contribution in [0.25, 0.3) is 0 Å². The minimum absolute atomic E-state index is 0.348. The molecule has 0 aliphatic rings. The van der Waals surface area contributed by atoms with Gasteiger partial charge < -0.3 is 23.5 Å². The normalized spacial score (nSPS) is 11.3. The third-order valence-corrected chi connectivity index (χ3v) is 7.30. The fourth-order valence-corrected chi connectivity index (χ4v) is 4.90. The molecule has 0 spiro atoms. The van der Waals surface area contributed by atoms with Crippen LogP contribution in [-0.4, -0.2) is 46.9 Å². The highest BCUT2D eigenvalue weighted by molar-refractivity contribution is 7.97. The van der Waals surface area contributed by atoms with Crippen LogP contribution >= 0.6 is 0 Å². The Morgan fingerprint density at radius 1 is 0.686 bits per heavy atom. The number of halogens is 3. The molecule has 0 radical (unpaired) electrons. The quantitative estimate of drug-likeness (QED) is 0.244. The van der Waals surface area contributed by atoms with Gasteiger partial charge in [-0.1, -0.05) is 0 Å². The number of ether oxygens (including phenoxy) is 4. The zero-order chi connectivity index (χ0) is 26.2. The van der Waals surface area contributed by atoms with Crippen LogP contribution in [-0.2, 0) is 21.0 Å². The largest absolute Gasteiger partial charge is 0.741 e. The third-order valence-electron chi connectivity index (χ3n) is 4.46. The van der Waals surface area contributed by atoms with E-state index in [0.29, 0.717) is 0 Å². The fraction of sp³-hybridized carbons (Fsp3) is 0.217. The van der Waals surface area contributed by atoms with Gasteiger partial charge >= 0.3 is 5.51 Å². The molecule has 0 amide bonds. The SMILES string of the molecule is COc1ccc([S+](c2ccc(OC)cc2)c2ccc(OC)cc2OC)cc1.O=S(=O)([O-])C(F)(F)F. The van der Waals surface area contributed by atoms with E-state index < -0.39 is 15.6 Å². The van der Waals surface area contributed by atoms with Gasteiger partial charge in [0.25, 0.3) is 0 Å². The molecule has 3 aromatic carbocycles. The fourth-order valence-electron chi connectivity index (χ4n) is 2.76. The summed E-state index contributed by atoms with van der Waals surface area (Å²) in [7, 11) is 0.240. The summed E-state index contributed by atoms with van der Waals surface area (Å²) in [4.78, 5) is 3.43. The topological polar surface area (TPSA) is 94.1 Å². The van der Waals surface area contributed by atoms with Gasteiger partial charge in [0.05, 0.1) is 28.4 Å². The van der Waals surface area contributed by atoms with E-state index >= 15 is 0 Å². The lowest BCUT2D eigenvalue weighted by Gasteiger charge is -2.13. The van der Waals surface area contributed by atoms with Crippen LogP contribution in [0, 0.1) is 0 Å². The number of rotatable bonds is 7. The van der Waals surface area contributed by atoms with Crippen molar-refractivity contribution in [1.82, 2.24) is 0 Å². The summed E-state index contributed by atoms with van der Waals surface area (Å²) in [6.45, 7) is 0. The van der Waals surface area contributed by atoms with Crippen LogP contribution in [0.2, 0.25) is 0 Å². The van der Waals surface area contributed by atoms with Gasteiger partial charge in [0.2, 0.25) is 4.90 Å². The Hall–Kier alpha value is -3.09. The highest BCUT2D eigenvalue weighted by atomic mass is 32.2. The summed E-state index contributed by atoms with van der Waals surface area (Å²) in [6.07, 6.45) is 0. The molecule has 12 heteroatoms. The number of alkyl halides is 3. The van der Waals surface area contributed by atoms with Crippen molar-refractivity contribution in [1.29, 1.82) is 0 Å². The van der Waals surface area contributed by atoms with E-state index in [1.165, 1.54) is 9.79 Å². The first kappa shape index (κ1) is 28.1. The third kappa shape index (κ3) is 7.44. The zero-order valence-corrected chi connectivity index (χ0v) is 20.8. The molecule has 0 aromatic heterocycles. The average molecular weight is 533 g/mol. The molecule has 0 bridgehead atoms. The van der Waals surface area contributed by atoms with Gasteiger partial charge in [-0.25, -0.2) is 8.42 Å². The molecule has 0 atom stereocenters. The van der Waals surface area contributed by atoms with Crippen molar-refractivity contribution in [3.63, 3.8) is 0 Å². The highest BCUT2D eigenvalue weighted by Crippen LogP contribution is 2.39. The van der Waals surface area contributed by atoms with Gasteiger partial charge in [-0.2, -0.15) is 13.2 Å². The van der Waals surface area contributed by atoms with Gasteiger partial charge in [-0.15, -0.1) is 0 Å². The lowest BCUT2D eigenvalue weighted by molar-refractivity contribution is -0.0517. The predicted octanol–water partition coefficient (Wildman–Crippen LogP) is 4.87. The first-order valence-corrected chi connectivity index (χ1v) is 12.3. The summed E-state index contributed by atoms with van der Waals surface area (Å²) in [5.41, 5.74) is -5.65. The Labute approximate surface area is 204 Å². The molecule has 0 fully saturated rings. The molecule has 35 heavy (non-hydrogen) atoms. The molecule has 0 unspecified atom stereocenters. The minimum atomic E-state index is -6.09. The Morgan fingerprint density at radius 3 is 1.37 bits per heavy atom. The van der Waals surface area contributed by atoms with Crippen molar-refractivity contribution in [3.8, 4) is 23.0 Å². The van der Waals surface area contributed by atoms with E-state index in [1.807, 2.05) is 36.4 Å². The van der Waals surface area contributed by atoms with Crippen molar-refractivity contribution in [2.75, 3.05) is 28.4 Å². The average Bonchev–Trinajstić information content (AvgIpc) is 2.84. The van der Waals surface area contributed by atoms with Gasteiger partial charge in [-0.05, 0) is 54.6 Å². The highest BCUT2D eigenvalue weighted by Gasteiger charge is 2.37. The molecule has 0 saturated heterocycles. The van der Waals surface area contributed by atoms with Crippen molar-refractivity contribution in [3.05, 3.63) is 66.7 Å². The van der Waals surface area contributed by atoms with Crippen molar-refractivity contribution in [2.24, 2.45) is 0 Å². The predicted molar refractivity (Wildman–Crippen MR) is 123 cm³/mol. The van der Waals surface area contributed by atoms with E-state index in [1.54, 1.807) is 28.4 Å². The lowest BCUT2D eigenvalue weighted by Crippen LogP contribution is -2.21. The first-order chi connectivity index (χ1) is 16.4. The second-order valence-electron chi connectivity index (χ2n) is 6.57. The maximum Gasteiger partial charge on any atom is 0.485 e. The standard InChI is InChI=1S/C22H23O4S.CHF3O3S/c1-23-16-5-10-19(11-6-16)27(20-12-7-17(24-2)8-13-20)22-14-9-18(25-3)15-21(22)26-4;2-1(3,4)8(5,6)7/h5-15H,1-4H3;(H,5,6,7)/q+1;/p-1. The van der Waals surface area contributed by atoms with E-state index in [4.69, 9.17) is 31.9 Å². The molecule has 0 saturated carbocycles. The van der Waals surface area contributed by atoms with Gasteiger partial charge in [0.15, 0.2) is 25.7 Å². The molecule has 3 aromatic rings. The summed E-state index contributed by atoms with van der Waals surface area (Å²) in [6, 6.07) is 22.2. The number of benzene rings is 3. The lowest BCUT2D eigenvalue weighted by atomic mass is 10.3.